The summed E-state index contributed by atoms with van der Waals surface area (Å²) in [4.78, 5) is 15.3. The maximum Gasteiger partial charge on any atom is 0.255 e. The molecule has 6 heteroatoms. The third kappa shape index (κ3) is 3.76. The number of nitrogens with two attached hydrogens (primary N) is 1. The van der Waals surface area contributed by atoms with E-state index in [0.29, 0.717) is 29.3 Å². The molecule has 2 N–H and O–H groups in total. The average Bonchev–Trinajstić information content (AvgIpc) is 2.61. The molecular weight excluding hydrogens is 324 g/mol. The first-order chi connectivity index (χ1) is 11.5. The Bertz CT molecular complexity index is 734. The van der Waals surface area contributed by atoms with Gasteiger partial charge < -0.3 is 20.1 Å². The summed E-state index contributed by atoms with van der Waals surface area (Å²) in [5.41, 5.74) is 7.88. The van der Waals surface area contributed by atoms with E-state index in [1.807, 2.05) is 24.5 Å². The van der Waals surface area contributed by atoms with Crippen molar-refractivity contribution in [2.75, 3.05) is 33.3 Å². The van der Waals surface area contributed by atoms with Crippen LogP contribution < -0.4 is 15.2 Å². The van der Waals surface area contributed by atoms with Crippen molar-refractivity contribution in [1.82, 2.24) is 4.90 Å². The minimum absolute atomic E-state index is 0.116. The van der Waals surface area contributed by atoms with Crippen molar-refractivity contribution in [3.63, 3.8) is 0 Å². The van der Waals surface area contributed by atoms with Crippen LogP contribution in [0, 0.1) is 0 Å². The molecule has 0 heterocycles. The number of carbonyl (C=O) groups excluding carboxylic acids is 1. The smallest absolute Gasteiger partial charge is 0.255 e. The van der Waals surface area contributed by atoms with Gasteiger partial charge in [-0.2, -0.15) is 0 Å². The molecule has 0 spiro atoms. The number of ether oxygens (including phenoxy) is 2. The first-order valence-electron chi connectivity index (χ1n) is 7.40. The van der Waals surface area contributed by atoms with Crippen LogP contribution in [-0.4, -0.2) is 38.3 Å². The molecule has 0 saturated heterocycles. The minimum Gasteiger partial charge on any atom is -0.493 e. The lowest BCUT2D eigenvalue weighted by molar-refractivity contribution is 0.0785. The van der Waals surface area contributed by atoms with Gasteiger partial charge in [0.2, 0.25) is 0 Å². The van der Waals surface area contributed by atoms with Gasteiger partial charge in [0.15, 0.2) is 11.5 Å². The van der Waals surface area contributed by atoms with Gasteiger partial charge in [0.1, 0.15) is 0 Å². The average molecular weight is 346 g/mol. The first-order valence-corrected chi connectivity index (χ1v) is 8.63. The molecule has 0 fully saturated rings. The number of amides is 1. The Hall–Kier alpha value is -2.34. The van der Waals surface area contributed by atoms with Crippen molar-refractivity contribution in [1.29, 1.82) is 0 Å². The molecule has 2 aromatic carbocycles. The summed E-state index contributed by atoms with van der Waals surface area (Å²) in [6, 6.07) is 10.9. The second-order valence-corrected chi connectivity index (χ2v) is 6.12. The summed E-state index contributed by atoms with van der Waals surface area (Å²) in [7, 11) is 4.96. The number of anilines is 1. The largest absolute Gasteiger partial charge is 0.493 e. The summed E-state index contributed by atoms with van der Waals surface area (Å²) in [5, 5.41) is 0. The second-order valence-electron chi connectivity index (χ2n) is 5.27. The van der Waals surface area contributed by atoms with E-state index >= 15 is 0 Å². The Labute approximate surface area is 146 Å². The summed E-state index contributed by atoms with van der Waals surface area (Å²) >= 11 is 1.60. The van der Waals surface area contributed by atoms with Gasteiger partial charge in [-0.15, -0.1) is 11.8 Å². The van der Waals surface area contributed by atoms with Crippen molar-refractivity contribution in [3.05, 3.63) is 47.5 Å². The van der Waals surface area contributed by atoms with E-state index in [4.69, 9.17) is 15.2 Å². The first kappa shape index (κ1) is 18.0. The predicted octanol–water partition coefficient (Wildman–Crippen LogP) is 3.28. The third-order valence-electron chi connectivity index (χ3n) is 3.73. The number of carbonyl (C=O) groups is 1. The maximum atomic E-state index is 12.6. The molecule has 0 unspecified atom stereocenters. The summed E-state index contributed by atoms with van der Waals surface area (Å²) in [5.74, 6) is 1.20. The van der Waals surface area contributed by atoms with Gasteiger partial charge >= 0.3 is 0 Å². The quantitative estimate of drug-likeness (QED) is 0.642. The molecule has 24 heavy (non-hydrogen) atoms. The van der Waals surface area contributed by atoms with Crippen molar-refractivity contribution < 1.29 is 14.3 Å². The number of nitrogen functional groups attached to an aromatic ring is 1. The fourth-order valence-electron chi connectivity index (χ4n) is 2.44. The number of thioether (sulfide) groups is 1. The third-order valence-corrected chi connectivity index (χ3v) is 4.55. The zero-order chi connectivity index (χ0) is 17.7. The molecule has 0 radical (unpaired) electrons. The standard InChI is InChI=1S/C18H22N2O3S/c1-20(18(21)13-7-5-6-8-14(13)19)11-12-9-15(22-2)16(23-3)10-17(12)24-4/h5-10H,11,19H2,1-4H3. The van der Waals surface area contributed by atoms with E-state index in [1.54, 1.807) is 56.1 Å². The van der Waals surface area contributed by atoms with Crippen LogP contribution in [0.2, 0.25) is 0 Å². The van der Waals surface area contributed by atoms with Gasteiger partial charge in [0.25, 0.3) is 5.91 Å². The molecule has 1 amide bonds. The molecule has 5 nitrogen and oxygen atoms in total. The molecule has 2 aromatic rings. The molecular formula is C18H22N2O3S. The van der Waals surface area contributed by atoms with Gasteiger partial charge in [-0.3, -0.25) is 4.79 Å². The highest BCUT2D eigenvalue weighted by molar-refractivity contribution is 7.98. The van der Waals surface area contributed by atoms with Gasteiger partial charge in [-0.1, -0.05) is 12.1 Å². The number of rotatable bonds is 6. The van der Waals surface area contributed by atoms with Crippen LogP contribution in [0.25, 0.3) is 0 Å². The highest BCUT2D eigenvalue weighted by Gasteiger charge is 2.17. The number of hydrogen-bond donors (Lipinski definition) is 1. The molecule has 2 rings (SSSR count). The van der Waals surface area contributed by atoms with Crippen molar-refractivity contribution in [3.8, 4) is 11.5 Å². The normalized spacial score (nSPS) is 10.3. The van der Waals surface area contributed by atoms with Gasteiger partial charge in [-0.25, -0.2) is 0 Å². The molecule has 0 bridgehead atoms. The highest BCUT2D eigenvalue weighted by Crippen LogP contribution is 2.35. The van der Waals surface area contributed by atoms with Crippen molar-refractivity contribution in [2.24, 2.45) is 0 Å². The van der Waals surface area contributed by atoms with E-state index in [0.717, 1.165) is 10.5 Å². The Morgan fingerprint density at radius 3 is 2.38 bits per heavy atom. The molecule has 0 aliphatic carbocycles. The molecule has 0 saturated carbocycles. The number of nitrogens with zero attached hydrogens (tertiary/aromatic N) is 1. The fourth-order valence-corrected chi connectivity index (χ4v) is 3.05. The number of methoxy groups -OCH3 is 2. The SMILES string of the molecule is COc1cc(CN(C)C(=O)c2ccccc2N)c(SC)cc1OC. The van der Waals surface area contributed by atoms with E-state index in [-0.39, 0.29) is 5.91 Å². The topological polar surface area (TPSA) is 64.8 Å². The zero-order valence-corrected chi connectivity index (χ0v) is 15.1. The predicted molar refractivity (Wildman–Crippen MR) is 98.0 cm³/mol. The van der Waals surface area contributed by atoms with Crippen LogP contribution in [0.4, 0.5) is 5.69 Å². The van der Waals surface area contributed by atoms with Crippen LogP contribution in [0.1, 0.15) is 15.9 Å². The molecule has 0 atom stereocenters. The molecule has 0 aliphatic heterocycles. The fraction of sp³-hybridized carbons (Fsp3) is 0.278. The lowest BCUT2D eigenvalue weighted by atomic mass is 10.1. The molecule has 128 valence electrons. The summed E-state index contributed by atoms with van der Waals surface area (Å²) < 4.78 is 10.7. The molecule has 0 aliphatic rings. The number of para-hydroxylation sites is 1. The number of hydrogen-bond acceptors (Lipinski definition) is 5. The van der Waals surface area contributed by atoms with E-state index in [1.165, 1.54) is 0 Å². The lowest BCUT2D eigenvalue weighted by Gasteiger charge is -2.21. The van der Waals surface area contributed by atoms with E-state index < -0.39 is 0 Å². The highest BCUT2D eigenvalue weighted by atomic mass is 32.2. The van der Waals surface area contributed by atoms with E-state index in [2.05, 4.69) is 0 Å². The lowest BCUT2D eigenvalue weighted by Crippen LogP contribution is -2.27. The Balaban J connectivity index is 2.29. The van der Waals surface area contributed by atoms with Crippen LogP contribution in [0.5, 0.6) is 11.5 Å². The van der Waals surface area contributed by atoms with Crippen LogP contribution in [0.15, 0.2) is 41.3 Å². The number of benzene rings is 2. The van der Waals surface area contributed by atoms with Crippen molar-refractivity contribution >= 4 is 23.4 Å². The Morgan fingerprint density at radius 1 is 1.17 bits per heavy atom. The summed E-state index contributed by atoms with van der Waals surface area (Å²) in [6.45, 7) is 0.448. The van der Waals surface area contributed by atoms with Crippen LogP contribution in [-0.2, 0) is 6.54 Å². The summed E-state index contributed by atoms with van der Waals surface area (Å²) in [6.07, 6.45) is 1.99. The van der Waals surface area contributed by atoms with Crippen LogP contribution in [0.3, 0.4) is 0 Å². The van der Waals surface area contributed by atoms with Gasteiger partial charge in [0, 0.05) is 24.2 Å². The Morgan fingerprint density at radius 2 is 1.79 bits per heavy atom. The van der Waals surface area contributed by atoms with Gasteiger partial charge in [-0.05, 0) is 36.1 Å². The van der Waals surface area contributed by atoms with Gasteiger partial charge in [0.05, 0.1) is 19.8 Å². The van der Waals surface area contributed by atoms with Crippen LogP contribution >= 0.6 is 11.8 Å². The minimum atomic E-state index is -0.116. The zero-order valence-electron chi connectivity index (χ0n) is 14.3. The second kappa shape index (κ2) is 7.97. The monoisotopic (exact) mass is 346 g/mol. The van der Waals surface area contributed by atoms with E-state index in [9.17, 15) is 4.79 Å². The maximum absolute atomic E-state index is 12.6. The molecule has 0 aromatic heterocycles. The van der Waals surface area contributed by atoms with Crippen molar-refractivity contribution in [2.45, 2.75) is 11.4 Å². The Kier molecular flexibility index (Phi) is 5.98.